The smallest absolute Gasteiger partial charge is 0.0715 e. The summed E-state index contributed by atoms with van der Waals surface area (Å²) >= 11 is 12.1. The second-order valence-corrected chi connectivity index (χ2v) is 6.88. The van der Waals surface area contributed by atoms with Crippen LogP contribution < -0.4 is 0 Å². The van der Waals surface area contributed by atoms with Crippen molar-refractivity contribution in [2.45, 2.75) is 0 Å². The lowest BCUT2D eigenvalue weighted by atomic mass is 10.00. The van der Waals surface area contributed by atoms with Gasteiger partial charge in [0.1, 0.15) is 0 Å². The molecule has 0 aliphatic rings. The van der Waals surface area contributed by atoms with Crippen LogP contribution in [0.2, 0.25) is 10.0 Å². The predicted octanol–water partition coefficient (Wildman–Crippen LogP) is 7.39. The molecule has 0 spiro atoms. The van der Waals surface area contributed by atoms with Crippen molar-refractivity contribution in [3.63, 3.8) is 0 Å². The second-order valence-electron chi connectivity index (χ2n) is 6.01. The van der Waals surface area contributed by atoms with Gasteiger partial charge in [0.05, 0.1) is 11.4 Å². The predicted molar refractivity (Wildman–Crippen MR) is 111 cm³/mol. The molecule has 0 unspecified atom stereocenters. The molecule has 4 aromatic rings. The molecule has 0 aliphatic carbocycles. The Morgan fingerprint density at radius 2 is 0.923 bits per heavy atom. The fourth-order valence-corrected chi connectivity index (χ4v) is 3.12. The molecule has 3 aromatic carbocycles. The number of aromatic nitrogens is 1. The Kier molecular flexibility index (Phi) is 4.75. The van der Waals surface area contributed by atoms with Crippen molar-refractivity contribution in [3.05, 3.63) is 101 Å². The highest BCUT2D eigenvalue weighted by atomic mass is 35.5. The van der Waals surface area contributed by atoms with Gasteiger partial charge in [0.15, 0.2) is 0 Å². The number of pyridine rings is 1. The largest absolute Gasteiger partial charge is 0.248 e. The van der Waals surface area contributed by atoms with Gasteiger partial charge in [-0.15, -0.1) is 0 Å². The van der Waals surface area contributed by atoms with Crippen LogP contribution in [-0.2, 0) is 0 Å². The zero-order valence-electron chi connectivity index (χ0n) is 13.9. The van der Waals surface area contributed by atoms with Crippen LogP contribution in [0.25, 0.3) is 33.6 Å². The van der Waals surface area contributed by atoms with E-state index in [9.17, 15) is 0 Å². The molecule has 0 bridgehead atoms. The molecule has 0 atom stereocenters. The average Bonchev–Trinajstić information content (AvgIpc) is 2.69. The van der Waals surface area contributed by atoms with E-state index in [0.717, 1.165) is 38.7 Å². The van der Waals surface area contributed by atoms with Gasteiger partial charge in [0, 0.05) is 21.2 Å². The summed E-state index contributed by atoms with van der Waals surface area (Å²) in [6, 6.07) is 30.0. The van der Waals surface area contributed by atoms with E-state index in [1.165, 1.54) is 0 Å². The van der Waals surface area contributed by atoms with Gasteiger partial charge >= 0.3 is 0 Å². The molecule has 1 nitrogen and oxygen atoms in total. The SMILES string of the molecule is Clc1ccc(-c2cc(-c3ccccc3)nc(-c3ccc(Cl)cc3)c2)cc1. The molecule has 1 heterocycles. The highest BCUT2D eigenvalue weighted by Gasteiger charge is 2.09. The standard InChI is InChI=1S/C23H15Cl2N/c24-20-10-6-16(7-11-20)19-14-22(17-4-2-1-3-5-17)26-23(15-19)18-8-12-21(25)13-9-18/h1-15H. The minimum absolute atomic E-state index is 0.714. The van der Waals surface area contributed by atoms with Gasteiger partial charge in [-0.1, -0.05) is 77.8 Å². The van der Waals surface area contributed by atoms with E-state index in [-0.39, 0.29) is 0 Å². The van der Waals surface area contributed by atoms with Gasteiger partial charge in [-0.05, 0) is 47.5 Å². The highest BCUT2D eigenvalue weighted by Crippen LogP contribution is 2.31. The van der Waals surface area contributed by atoms with Crippen molar-refractivity contribution in [3.8, 4) is 33.6 Å². The lowest BCUT2D eigenvalue weighted by molar-refractivity contribution is 1.32. The highest BCUT2D eigenvalue weighted by molar-refractivity contribution is 6.30. The van der Waals surface area contributed by atoms with E-state index >= 15 is 0 Å². The number of hydrogen-bond donors (Lipinski definition) is 0. The van der Waals surface area contributed by atoms with Crippen molar-refractivity contribution in [2.75, 3.05) is 0 Å². The summed E-state index contributed by atoms with van der Waals surface area (Å²) in [4.78, 5) is 4.88. The fourth-order valence-electron chi connectivity index (χ4n) is 2.86. The van der Waals surface area contributed by atoms with Gasteiger partial charge < -0.3 is 0 Å². The van der Waals surface area contributed by atoms with E-state index in [1.807, 2.05) is 66.7 Å². The number of halogens is 2. The van der Waals surface area contributed by atoms with Crippen LogP contribution in [0.15, 0.2) is 91.0 Å². The van der Waals surface area contributed by atoms with Crippen LogP contribution in [0.5, 0.6) is 0 Å². The molecule has 126 valence electrons. The van der Waals surface area contributed by atoms with Crippen LogP contribution >= 0.6 is 23.2 Å². The fraction of sp³-hybridized carbons (Fsp3) is 0. The zero-order valence-corrected chi connectivity index (χ0v) is 15.4. The second kappa shape index (κ2) is 7.33. The van der Waals surface area contributed by atoms with Gasteiger partial charge in [0.2, 0.25) is 0 Å². The van der Waals surface area contributed by atoms with Crippen molar-refractivity contribution >= 4 is 23.2 Å². The third-order valence-corrected chi connectivity index (χ3v) is 4.72. The first-order valence-electron chi connectivity index (χ1n) is 8.28. The minimum atomic E-state index is 0.714. The molecule has 26 heavy (non-hydrogen) atoms. The molecule has 0 amide bonds. The lowest BCUT2D eigenvalue weighted by Crippen LogP contribution is -1.91. The molecule has 0 aliphatic heterocycles. The van der Waals surface area contributed by atoms with Gasteiger partial charge in [-0.25, -0.2) is 4.98 Å². The van der Waals surface area contributed by atoms with Gasteiger partial charge in [-0.2, -0.15) is 0 Å². The molecule has 4 rings (SSSR count). The first-order chi connectivity index (χ1) is 12.7. The average molecular weight is 376 g/mol. The third kappa shape index (κ3) is 3.65. The maximum Gasteiger partial charge on any atom is 0.0715 e. The van der Waals surface area contributed by atoms with Crippen LogP contribution in [0, 0.1) is 0 Å². The normalized spacial score (nSPS) is 10.7. The summed E-state index contributed by atoms with van der Waals surface area (Å²) in [5.41, 5.74) is 6.15. The van der Waals surface area contributed by atoms with Gasteiger partial charge in [-0.3, -0.25) is 0 Å². The van der Waals surface area contributed by atoms with Crippen LogP contribution in [0.4, 0.5) is 0 Å². The van der Waals surface area contributed by atoms with E-state index in [1.54, 1.807) is 0 Å². The quantitative estimate of drug-likeness (QED) is 0.363. The first-order valence-corrected chi connectivity index (χ1v) is 9.04. The van der Waals surface area contributed by atoms with E-state index in [4.69, 9.17) is 28.2 Å². The van der Waals surface area contributed by atoms with Crippen molar-refractivity contribution in [1.29, 1.82) is 0 Å². The Labute approximate surface area is 162 Å². The maximum atomic E-state index is 6.04. The van der Waals surface area contributed by atoms with Crippen LogP contribution in [0.1, 0.15) is 0 Å². The van der Waals surface area contributed by atoms with Crippen molar-refractivity contribution in [2.24, 2.45) is 0 Å². The number of hydrogen-bond acceptors (Lipinski definition) is 1. The van der Waals surface area contributed by atoms with E-state index < -0.39 is 0 Å². The zero-order chi connectivity index (χ0) is 17.9. The Morgan fingerprint density at radius 1 is 0.462 bits per heavy atom. The lowest BCUT2D eigenvalue weighted by Gasteiger charge is -2.10. The van der Waals surface area contributed by atoms with Crippen molar-refractivity contribution in [1.82, 2.24) is 4.98 Å². The Balaban J connectivity index is 1.89. The molecular weight excluding hydrogens is 361 g/mol. The summed E-state index contributed by atoms with van der Waals surface area (Å²) < 4.78 is 0. The van der Waals surface area contributed by atoms with Gasteiger partial charge in [0.25, 0.3) is 0 Å². The minimum Gasteiger partial charge on any atom is -0.248 e. The van der Waals surface area contributed by atoms with Crippen LogP contribution in [-0.4, -0.2) is 4.98 Å². The molecule has 1 aromatic heterocycles. The Hall–Kier alpha value is -2.61. The number of rotatable bonds is 3. The topological polar surface area (TPSA) is 12.9 Å². The third-order valence-electron chi connectivity index (χ3n) is 4.21. The Bertz CT molecular complexity index is 960. The summed E-state index contributed by atoms with van der Waals surface area (Å²) in [6.45, 7) is 0. The maximum absolute atomic E-state index is 6.04. The monoisotopic (exact) mass is 375 g/mol. The molecular formula is C23H15Cl2N. The van der Waals surface area contributed by atoms with E-state index in [2.05, 4.69) is 24.3 Å². The summed E-state index contributed by atoms with van der Waals surface area (Å²) in [5, 5.41) is 1.44. The van der Waals surface area contributed by atoms with Crippen LogP contribution in [0.3, 0.4) is 0 Å². The molecule has 0 radical (unpaired) electrons. The summed E-state index contributed by atoms with van der Waals surface area (Å²) in [5.74, 6) is 0. The molecule has 0 N–H and O–H groups in total. The molecule has 3 heteroatoms. The molecule has 0 fully saturated rings. The molecule has 0 saturated carbocycles. The number of benzene rings is 3. The first kappa shape index (κ1) is 16.8. The van der Waals surface area contributed by atoms with E-state index in [0.29, 0.717) is 5.02 Å². The summed E-state index contributed by atoms with van der Waals surface area (Å²) in [7, 11) is 0. The van der Waals surface area contributed by atoms with Crippen molar-refractivity contribution < 1.29 is 0 Å². The molecule has 0 saturated heterocycles. The number of nitrogens with zero attached hydrogens (tertiary/aromatic N) is 1. The summed E-state index contributed by atoms with van der Waals surface area (Å²) in [6.07, 6.45) is 0. The Morgan fingerprint density at radius 3 is 1.46 bits per heavy atom.